The van der Waals surface area contributed by atoms with E-state index < -0.39 is 5.97 Å². The number of aliphatic imine (C=N–C) groups is 1. The van der Waals surface area contributed by atoms with Crippen molar-refractivity contribution in [3.05, 3.63) is 94.0 Å². The second-order valence-corrected chi connectivity index (χ2v) is 8.32. The lowest BCUT2D eigenvalue weighted by Crippen LogP contribution is -2.08. The topological polar surface area (TPSA) is 61.0 Å². The molecular weight excluding hydrogens is 466 g/mol. The van der Waals surface area contributed by atoms with Crippen LogP contribution in [0.4, 0.5) is 0 Å². The van der Waals surface area contributed by atoms with Crippen LogP contribution in [0, 0.1) is 0 Å². The molecule has 2 aliphatic rings. The van der Waals surface area contributed by atoms with Crippen molar-refractivity contribution in [2.24, 2.45) is 4.99 Å². The first-order valence-corrected chi connectivity index (χ1v) is 11.1. The number of nitrogens with zero attached hydrogens (tertiary/aromatic N) is 1. The van der Waals surface area contributed by atoms with Crippen molar-refractivity contribution in [1.82, 2.24) is 0 Å². The third-order valence-electron chi connectivity index (χ3n) is 4.68. The zero-order valence-electron chi connectivity index (χ0n) is 15.7. The molecule has 0 saturated carbocycles. The van der Waals surface area contributed by atoms with Gasteiger partial charge in [-0.25, -0.2) is 9.79 Å². The minimum atomic E-state index is -0.530. The summed E-state index contributed by atoms with van der Waals surface area (Å²) in [7, 11) is 0. The standard InChI is InChI=1S/C23H14BrNO4S/c1-30-15-7-4-13(5-8-15)20-12-17(16-11-14(24)6-9-18(16)28-20)21-23(26)29-22(25-21)19-3-2-10-27-19/h2-12H,1H3/b21-17-. The number of fused-ring (bicyclic) bond motifs is 1. The maximum atomic E-state index is 12.7. The Kier molecular flexibility index (Phi) is 4.84. The Bertz CT molecular complexity index is 1240. The number of carbonyl (C=O) groups excluding carboxylic acids is 1. The molecule has 2 aromatic carbocycles. The van der Waals surface area contributed by atoms with Gasteiger partial charge in [-0.05, 0) is 54.8 Å². The molecule has 5 nitrogen and oxygen atoms in total. The van der Waals surface area contributed by atoms with Crippen LogP contribution in [0.25, 0.3) is 11.3 Å². The summed E-state index contributed by atoms with van der Waals surface area (Å²) < 4.78 is 17.7. The van der Waals surface area contributed by atoms with Gasteiger partial charge < -0.3 is 13.9 Å². The van der Waals surface area contributed by atoms with Crippen LogP contribution in [0.1, 0.15) is 16.9 Å². The number of rotatable bonds is 3. The van der Waals surface area contributed by atoms with E-state index in [0.29, 0.717) is 22.8 Å². The number of furan rings is 1. The Morgan fingerprint density at radius 2 is 1.87 bits per heavy atom. The summed E-state index contributed by atoms with van der Waals surface area (Å²) in [6.45, 7) is 0. The molecule has 0 unspecified atom stereocenters. The summed E-state index contributed by atoms with van der Waals surface area (Å²) in [6, 6.07) is 17.1. The Labute approximate surface area is 185 Å². The maximum Gasteiger partial charge on any atom is 0.364 e. The number of thioether (sulfide) groups is 1. The van der Waals surface area contributed by atoms with Gasteiger partial charge in [-0.3, -0.25) is 0 Å². The van der Waals surface area contributed by atoms with E-state index in [1.807, 2.05) is 54.8 Å². The highest BCUT2D eigenvalue weighted by molar-refractivity contribution is 9.10. The summed E-state index contributed by atoms with van der Waals surface area (Å²) in [5.74, 6) is 1.29. The van der Waals surface area contributed by atoms with E-state index in [1.165, 1.54) is 6.26 Å². The van der Waals surface area contributed by atoms with Gasteiger partial charge in [-0.2, -0.15) is 0 Å². The average molecular weight is 480 g/mol. The normalized spacial score (nSPS) is 17.7. The minimum Gasteiger partial charge on any atom is -0.459 e. The first kappa shape index (κ1) is 19.0. The van der Waals surface area contributed by atoms with Gasteiger partial charge in [-0.1, -0.05) is 28.1 Å². The van der Waals surface area contributed by atoms with E-state index in [4.69, 9.17) is 13.9 Å². The number of hydrogen-bond acceptors (Lipinski definition) is 6. The number of cyclic esters (lactones) is 1. The van der Waals surface area contributed by atoms with Crippen molar-refractivity contribution >= 4 is 50.9 Å². The van der Waals surface area contributed by atoms with Crippen molar-refractivity contribution < 1.29 is 18.7 Å². The third kappa shape index (κ3) is 3.40. The monoisotopic (exact) mass is 479 g/mol. The van der Waals surface area contributed by atoms with E-state index in [0.717, 1.165) is 20.5 Å². The fraction of sp³-hybridized carbons (Fsp3) is 0.0435. The maximum absolute atomic E-state index is 12.7. The molecule has 0 N–H and O–H groups in total. The zero-order chi connectivity index (χ0) is 20.7. The minimum absolute atomic E-state index is 0.148. The molecule has 0 bridgehead atoms. The van der Waals surface area contributed by atoms with Crippen LogP contribution in [0.2, 0.25) is 0 Å². The highest BCUT2D eigenvalue weighted by Gasteiger charge is 2.31. The number of esters is 1. The Balaban J connectivity index is 1.68. The molecule has 1 aromatic heterocycles. The molecule has 0 aliphatic carbocycles. The van der Waals surface area contributed by atoms with Gasteiger partial charge in [0.15, 0.2) is 11.5 Å². The lowest BCUT2D eigenvalue weighted by atomic mass is 9.98. The summed E-state index contributed by atoms with van der Waals surface area (Å²) in [5.41, 5.74) is 2.50. The van der Waals surface area contributed by atoms with E-state index in [2.05, 4.69) is 20.9 Å². The summed E-state index contributed by atoms with van der Waals surface area (Å²) in [5, 5.41) is 0. The van der Waals surface area contributed by atoms with Crippen molar-refractivity contribution in [3.63, 3.8) is 0 Å². The second-order valence-electron chi connectivity index (χ2n) is 6.53. The Morgan fingerprint density at radius 3 is 2.60 bits per heavy atom. The number of benzene rings is 2. The van der Waals surface area contributed by atoms with E-state index in [9.17, 15) is 4.79 Å². The molecule has 0 saturated heterocycles. The molecule has 0 atom stereocenters. The molecule has 7 heteroatoms. The molecule has 0 radical (unpaired) electrons. The number of carbonyl (C=O) groups is 1. The van der Waals surface area contributed by atoms with Gasteiger partial charge in [0.25, 0.3) is 5.90 Å². The van der Waals surface area contributed by atoms with Gasteiger partial charge in [0.05, 0.1) is 6.26 Å². The highest BCUT2D eigenvalue weighted by Crippen LogP contribution is 2.41. The predicted molar refractivity (Wildman–Crippen MR) is 119 cm³/mol. The van der Waals surface area contributed by atoms with Gasteiger partial charge >= 0.3 is 5.97 Å². The highest BCUT2D eigenvalue weighted by atomic mass is 79.9. The molecule has 2 aliphatic heterocycles. The molecule has 148 valence electrons. The fourth-order valence-electron chi connectivity index (χ4n) is 3.23. The fourth-order valence-corrected chi connectivity index (χ4v) is 4.00. The van der Waals surface area contributed by atoms with Gasteiger partial charge in [-0.15, -0.1) is 11.8 Å². The molecule has 0 fully saturated rings. The largest absolute Gasteiger partial charge is 0.459 e. The Morgan fingerprint density at radius 1 is 1.03 bits per heavy atom. The van der Waals surface area contributed by atoms with Gasteiger partial charge in [0.2, 0.25) is 0 Å². The van der Waals surface area contributed by atoms with Gasteiger partial charge in [0.1, 0.15) is 11.5 Å². The first-order valence-electron chi connectivity index (χ1n) is 9.05. The number of allylic oxidation sites excluding steroid dienone is 2. The number of hydrogen-bond donors (Lipinski definition) is 0. The molecular formula is C23H14BrNO4S. The smallest absolute Gasteiger partial charge is 0.364 e. The number of halogens is 1. The van der Waals surface area contributed by atoms with Gasteiger partial charge in [0, 0.05) is 26.1 Å². The van der Waals surface area contributed by atoms with Crippen molar-refractivity contribution in [2.45, 2.75) is 4.90 Å². The van der Waals surface area contributed by atoms with Crippen LogP contribution in [0.15, 0.2) is 91.4 Å². The Hall–Kier alpha value is -3.03. The molecule has 0 spiro atoms. The lowest BCUT2D eigenvalue weighted by molar-refractivity contribution is -0.130. The second kappa shape index (κ2) is 7.66. The van der Waals surface area contributed by atoms with Crippen molar-refractivity contribution in [2.75, 3.05) is 6.26 Å². The quantitative estimate of drug-likeness (QED) is 0.265. The van der Waals surface area contributed by atoms with Crippen LogP contribution < -0.4 is 4.74 Å². The van der Waals surface area contributed by atoms with Crippen molar-refractivity contribution in [3.8, 4) is 5.75 Å². The summed E-state index contributed by atoms with van der Waals surface area (Å²) >= 11 is 5.16. The van der Waals surface area contributed by atoms with Crippen LogP contribution in [-0.2, 0) is 9.53 Å². The lowest BCUT2D eigenvalue weighted by Gasteiger charge is -2.21. The molecule has 5 rings (SSSR count). The van der Waals surface area contributed by atoms with E-state index >= 15 is 0 Å². The summed E-state index contributed by atoms with van der Waals surface area (Å²) in [4.78, 5) is 18.3. The molecule has 0 amide bonds. The third-order valence-corrected chi connectivity index (χ3v) is 5.92. The van der Waals surface area contributed by atoms with Crippen LogP contribution in [0.5, 0.6) is 5.75 Å². The molecule has 3 heterocycles. The zero-order valence-corrected chi connectivity index (χ0v) is 18.1. The van der Waals surface area contributed by atoms with Crippen LogP contribution >= 0.6 is 27.7 Å². The summed E-state index contributed by atoms with van der Waals surface area (Å²) in [6.07, 6.45) is 5.37. The van der Waals surface area contributed by atoms with E-state index in [1.54, 1.807) is 23.9 Å². The average Bonchev–Trinajstić information content (AvgIpc) is 3.43. The first-order chi connectivity index (χ1) is 14.6. The SMILES string of the molecule is CSc1ccc(C2=C/C(=C3/N=C(c4ccco4)OC3=O)c3cc(Br)ccc3O2)cc1. The van der Waals surface area contributed by atoms with Crippen molar-refractivity contribution in [1.29, 1.82) is 0 Å². The van der Waals surface area contributed by atoms with Crippen LogP contribution in [-0.4, -0.2) is 18.1 Å². The van der Waals surface area contributed by atoms with Crippen LogP contribution in [0.3, 0.4) is 0 Å². The predicted octanol–water partition coefficient (Wildman–Crippen LogP) is 5.91. The van der Waals surface area contributed by atoms with E-state index in [-0.39, 0.29) is 11.6 Å². The number of ether oxygens (including phenoxy) is 2. The molecule has 3 aromatic rings. The molecule has 30 heavy (non-hydrogen) atoms.